The molecule has 0 bridgehead atoms. The second kappa shape index (κ2) is 8.37. The van der Waals surface area contributed by atoms with Crippen LogP contribution >= 0.6 is 11.8 Å². The molecule has 0 spiro atoms. The molecule has 0 radical (unpaired) electrons. The molecule has 1 aliphatic heterocycles. The van der Waals surface area contributed by atoms with Gasteiger partial charge in [-0.3, -0.25) is 14.5 Å². The zero-order valence-corrected chi connectivity index (χ0v) is 15.6. The summed E-state index contributed by atoms with van der Waals surface area (Å²) in [5.41, 5.74) is 0.548. The minimum atomic E-state index is -3.53. The van der Waals surface area contributed by atoms with Crippen LogP contribution in [0.4, 0.5) is 0 Å². The van der Waals surface area contributed by atoms with E-state index >= 15 is 0 Å². The fourth-order valence-corrected chi connectivity index (χ4v) is 4.53. The Morgan fingerprint density at radius 2 is 1.81 bits per heavy atom. The van der Waals surface area contributed by atoms with Gasteiger partial charge in [0.1, 0.15) is 5.84 Å². The van der Waals surface area contributed by atoms with Crippen LogP contribution in [0.5, 0.6) is 0 Å². The maximum absolute atomic E-state index is 12.0. The van der Waals surface area contributed by atoms with Gasteiger partial charge in [-0.15, -0.1) is 11.8 Å². The number of nitrogens with one attached hydrogen (secondary N) is 2. The third kappa shape index (κ3) is 4.64. The van der Waals surface area contributed by atoms with E-state index in [0.29, 0.717) is 17.9 Å². The van der Waals surface area contributed by atoms with Crippen LogP contribution in [-0.2, 0) is 14.8 Å². The number of thioether (sulfide) groups is 1. The van der Waals surface area contributed by atoms with Crippen LogP contribution in [0.15, 0.2) is 69.4 Å². The molecule has 136 valence electrons. The first-order chi connectivity index (χ1) is 12.6. The first kappa shape index (κ1) is 18.5. The van der Waals surface area contributed by atoms with Gasteiger partial charge in [0.15, 0.2) is 0 Å². The van der Waals surface area contributed by atoms with Gasteiger partial charge in [-0.05, 0) is 24.3 Å². The summed E-state index contributed by atoms with van der Waals surface area (Å²) in [7, 11) is -3.53. The van der Waals surface area contributed by atoms with E-state index in [2.05, 4.69) is 15.0 Å². The van der Waals surface area contributed by atoms with Crippen molar-refractivity contribution in [3.8, 4) is 0 Å². The van der Waals surface area contributed by atoms with E-state index in [1.807, 2.05) is 30.3 Å². The Kier molecular flexibility index (Phi) is 5.95. The van der Waals surface area contributed by atoms with Crippen LogP contribution in [0, 0.1) is 0 Å². The van der Waals surface area contributed by atoms with Crippen molar-refractivity contribution in [3.63, 3.8) is 0 Å². The maximum Gasteiger partial charge on any atom is 0.263 e. The Bertz CT molecular complexity index is 912. The molecule has 26 heavy (non-hydrogen) atoms. The lowest BCUT2D eigenvalue weighted by molar-refractivity contribution is -0.120. The van der Waals surface area contributed by atoms with E-state index in [4.69, 9.17) is 0 Å². The Balaban J connectivity index is 1.43. The van der Waals surface area contributed by atoms with Crippen molar-refractivity contribution in [3.05, 3.63) is 60.2 Å². The van der Waals surface area contributed by atoms with E-state index < -0.39 is 10.0 Å². The minimum absolute atomic E-state index is 0.0999. The average Bonchev–Trinajstić information content (AvgIpc) is 2.91. The number of hydrogen-bond acceptors (Lipinski definition) is 5. The molecule has 1 heterocycles. The Morgan fingerprint density at radius 3 is 2.62 bits per heavy atom. The smallest absolute Gasteiger partial charge is 0.263 e. The van der Waals surface area contributed by atoms with Gasteiger partial charge in [0.2, 0.25) is 5.91 Å². The quantitative estimate of drug-likeness (QED) is 0.560. The number of amidine groups is 1. The van der Waals surface area contributed by atoms with Gasteiger partial charge < -0.3 is 5.32 Å². The van der Waals surface area contributed by atoms with Gasteiger partial charge in [0.05, 0.1) is 11.4 Å². The van der Waals surface area contributed by atoms with Gasteiger partial charge in [0.25, 0.3) is 10.0 Å². The monoisotopic (exact) mass is 389 g/mol. The number of rotatable bonds is 7. The van der Waals surface area contributed by atoms with E-state index in [-0.39, 0.29) is 23.8 Å². The first-order valence-electron chi connectivity index (χ1n) is 8.17. The van der Waals surface area contributed by atoms with Crippen LogP contribution in [-0.4, -0.2) is 39.0 Å². The van der Waals surface area contributed by atoms with Crippen LogP contribution in [0.2, 0.25) is 0 Å². The van der Waals surface area contributed by atoms with Crippen molar-refractivity contribution < 1.29 is 13.2 Å². The SMILES string of the molecule is O=C(CCN=C1NS(=O)(=O)c2ccccc21)NCCSc1ccccc1. The van der Waals surface area contributed by atoms with Crippen LogP contribution < -0.4 is 10.0 Å². The second-order valence-corrected chi connectivity index (χ2v) is 8.41. The van der Waals surface area contributed by atoms with Gasteiger partial charge in [-0.25, -0.2) is 8.42 Å². The molecule has 8 heteroatoms. The molecule has 0 atom stereocenters. The largest absolute Gasteiger partial charge is 0.355 e. The number of carbonyl (C=O) groups excluding carboxylic acids is 1. The van der Waals surface area contributed by atoms with Crippen molar-refractivity contribution in [2.45, 2.75) is 16.2 Å². The molecule has 0 aromatic heterocycles. The number of hydrogen-bond donors (Lipinski definition) is 2. The highest BCUT2D eigenvalue weighted by Crippen LogP contribution is 2.22. The van der Waals surface area contributed by atoms with Crippen molar-refractivity contribution >= 4 is 33.5 Å². The second-order valence-electron chi connectivity index (χ2n) is 5.59. The van der Waals surface area contributed by atoms with Gasteiger partial charge in [-0.2, -0.15) is 0 Å². The summed E-state index contributed by atoms with van der Waals surface area (Å²) in [5.74, 6) is 0.988. The molecule has 2 N–H and O–H groups in total. The van der Waals surface area contributed by atoms with Crippen LogP contribution in [0.3, 0.4) is 0 Å². The summed E-state index contributed by atoms with van der Waals surface area (Å²) in [4.78, 5) is 17.5. The molecule has 1 aliphatic rings. The molecule has 6 nitrogen and oxygen atoms in total. The standard InChI is InChI=1S/C18H19N3O3S2/c22-17(19-12-13-25-14-6-2-1-3-7-14)10-11-20-18-15-8-4-5-9-16(15)26(23,24)21-18/h1-9H,10-13H2,(H,19,22)(H,20,21). The molecule has 0 saturated heterocycles. The number of aliphatic imine (C=N–C) groups is 1. The summed E-state index contributed by atoms with van der Waals surface area (Å²) in [6.07, 6.45) is 0.212. The highest BCUT2D eigenvalue weighted by molar-refractivity contribution is 7.99. The lowest BCUT2D eigenvalue weighted by Gasteiger charge is -2.04. The molecular weight excluding hydrogens is 370 g/mol. The predicted molar refractivity (Wildman–Crippen MR) is 103 cm³/mol. The Morgan fingerprint density at radius 1 is 1.08 bits per heavy atom. The highest BCUT2D eigenvalue weighted by Gasteiger charge is 2.29. The first-order valence-corrected chi connectivity index (χ1v) is 10.6. The maximum atomic E-state index is 12.0. The highest BCUT2D eigenvalue weighted by atomic mass is 32.2. The third-order valence-corrected chi connectivity index (χ3v) is 6.12. The summed E-state index contributed by atoms with van der Waals surface area (Å²) in [6.45, 7) is 0.800. The molecule has 2 aromatic carbocycles. The van der Waals surface area contributed by atoms with Gasteiger partial charge in [-0.1, -0.05) is 30.3 Å². The Hall–Kier alpha value is -2.32. The number of amides is 1. The predicted octanol–water partition coefficient (Wildman–Crippen LogP) is 2.02. The fraction of sp³-hybridized carbons (Fsp3) is 0.222. The van der Waals surface area contributed by atoms with Gasteiger partial charge >= 0.3 is 0 Å². The third-order valence-electron chi connectivity index (χ3n) is 3.71. The molecule has 3 rings (SSSR count). The summed E-state index contributed by atoms with van der Waals surface area (Å²) in [6, 6.07) is 16.7. The van der Waals surface area contributed by atoms with Crippen LogP contribution in [0.25, 0.3) is 0 Å². The number of sulfonamides is 1. The van der Waals surface area contributed by atoms with E-state index in [9.17, 15) is 13.2 Å². The van der Waals surface area contributed by atoms with Crippen molar-refractivity contribution in [2.75, 3.05) is 18.8 Å². The number of carbonyl (C=O) groups is 1. The number of fused-ring (bicyclic) bond motifs is 1. The molecule has 1 amide bonds. The zero-order valence-electron chi connectivity index (χ0n) is 14.0. The van der Waals surface area contributed by atoms with E-state index in [1.54, 1.807) is 30.0 Å². The van der Waals surface area contributed by atoms with Crippen molar-refractivity contribution in [2.24, 2.45) is 4.99 Å². The van der Waals surface area contributed by atoms with E-state index in [1.165, 1.54) is 11.0 Å². The molecule has 0 fully saturated rings. The fourth-order valence-electron chi connectivity index (χ4n) is 2.48. The summed E-state index contributed by atoms with van der Waals surface area (Å²) < 4.78 is 26.4. The lowest BCUT2D eigenvalue weighted by atomic mass is 10.2. The minimum Gasteiger partial charge on any atom is -0.355 e. The number of benzene rings is 2. The van der Waals surface area contributed by atoms with Gasteiger partial charge in [0, 0.05) is 29.2 Å². The average molecular weight is 390 g/mol. The zero-order chi connectivity index (χ0) is 18.4. The lowest BCUT2D eigenvalue weighted by Crippen LogP contribution is -2.27. The Labute approximate surface area is 157 Å². The molecular formula is C18H19N3O3S2. The molecule has 2 aromatic rings. The summed E-state index contributed by atoms with van der Waals surface area (Å²) >= 11 is 1.68. The topological polar surface area (TPSA) is 87.6 Å². The number of nitrogens with zero attached hydrogens (tertiary/aromatic N) is 1. The summed E-state index contributed by atoms with van der Waals surface area (Å²) in [5, 5.41) is 2.85. The van der Waals surface area contributed by atoms with Crippen molar-refractivity contribution in [1.82, 2.24) is 10.0 Å². The molecule has 0 aliphatic carbocycles. The van der Waals surface area contributed by atoms with Crippen molar-refractivity contribution in [1.29, 1.82) is 0 Å². The van der Waals surface area contributed by atoms with E-state index in [0.717, 1.165) is 5.75 Å². The molecule has 0 unspecified atom stereocenters. The van der Waals surface area contributed by atoms with Crippen LogP contribution in [0.1, 0.15) is 12.0 Å². The normalized spacial score (nSPS) is 16.1. The molecule has 0 saturated carbocycles.